The summed E-state index contributed by atoms with van der Waals surface area (Å²) in [4.78, 5) is 0. The first-order chi connectivity index (χ1) is 9.97. The van der Waals surface area contributed by atoms with Crippen LogP contribution < -0.4 is 0 Å². The van der Waals surface area contributed by atoms with Gasteiger partial charge < -0.3 is 5.11 Å². The standard InChI is InChI=1S/C16H20Cl2N2O/c1-4-13-16(18)14(20(5-2)19-13)9-15(21)12-8-11(17)7-6-10(12)3/h6-8,15,21H,4-5,9H2,1-3H3. The number of nitrogens with zero attached hydrogens (tertiary/aromatic N) is 2. The Morgan fingerprint density at radius 1 is 1.29 bits per heavy atom. The maximum atomic E-state index is 10.5. The van der Waals surface area contributed by atoms with Crippen LogP contribution in [0.1, 0.15) is 42.5 Å². The summed E-state index contributed by atoms with van der Waals surface area (Å²) in [6.45, 7) is 6.74. The van der Waals surface area contributed by atoms with Gasteiger partial charge >= 0.3 is 0 Å². The quantitative estimate of drug-likeness (QED) is 0.886. The van der Waals surface area contributed by atoms with E-state index in [1.54, 1.807) is 0 Å². The lowest BCUT2D eigenvalue weighted by molar-refractivity contribution is 0.174. The molecule has 2 rings (SSSR count). The Hall–Kier alpha value is -1.03. The average molecular weight is 327 g/mol. The molecule has 3 nitrogen and oxygen atoms in total. The number of halogens is 2. The van der Waals surface area contributed by atoms with E-state index < -0.39 is 6.10 Å². The van der Waals surface area contributed by atoms with Crippen molar-refractivity contribution in [3.05, 3.63) is 50.8 Å². The highest BCUT2D eigenvalue weighted by molar-refractivity contribution is 6.32. The molecule has 0 saturated carbocycles. The Kier molecular flexibility index (Phi) is 5.31. The van der Waals surface area contributed by atoms with Crippen molar-refractivity contribution in [3.63, 3.8) is 0 Å². The van der Waals surface area contributed by atoms with E-state index in [0.29, 0.717) is 16.5 Å². The lowest BCUT2D eigenvalue weighted by Crippen LogP contribution is -2.10. The summed E-state index contributed by atoms with van der Waals surface area (Å²) in [7, 11) is 0. The largest absolute Gasteiger partial charge is 0.388 e. The van der Waals surface area contributed by atoms with Gasteiger partial charge in [-0.2, -0.15) is 5.10 Å². The first-order valence-electron chi connectivity index (χ1n) is 7.16. The van der Waals surface area contributed by atoms with Crippen LogP contribution in [0.3, 0.4) is 0 Å². The Labute approximate surface area is 135 Å². The molecular weight excluding hydrogens is 307 g/mol. The molecule has 0 radical (unpaired) electrons. The molecule has 0 aliphatic heterocycles. The van der Waals surface area contributed by atoms with Crippen molar-refractivity contribution < 1.29 is 5.11 Å². The van der Waals surface area contributed by atoms with Gasteiger partial charge in [-0.05, 0) is 43.5 Å². The van der Waals surface area contributed by atoms with Crippen LogP contribution >= 0.6 is 23.2 Å². The molecule has 1 atom stereocenters. The summed E-state index contributed by atoms with van der Waals surface area (Å²) in [6, 6.07) is 5.55. The molecule has 1 heterocycles. The Morgan fingerprint density at radius 2 is 2.00 bits per heavy atom. The maximum Gasteiger partial charge on any atom is 0.0851 e. The zero-order valence-corrected chi connectivity index (χ0v) is 14.0. The van der Waals surface area contributed by atoms with Crippen LogP contribution in [0.15, 0.2) is 18.2 Å². The summed E-state index contributed by atoms with van der Waals surface area (Å²) in [5, 5.41) is 16.3. The molecule has 0 bridgehead atoms. The van der Waals surface area contributed by atoms with Crippen LogP contribution in [-0.2, 0) is 19.4 Å². The van der Waals surface area contributed by atoms with Crippen LogP contribution in [0.5, 0.6) is 0 Å². The second-order valence-corrected chi connectivity index (χ2v) is 5.91. The van der Waals surface area contributed by atoms with Crippen LogP contribution in [0.4, 0.5) is 0 Å². The number of aliphatic hydroxyl groups excluding tert-OH is 1. The van der Waals surface area contributed by atoms with E-state index >= 15 is 0 Å². The Morgan fingerprint density at radius 3 is 2.62 bits per heavy atom. The van der Waals surface area contributed by atoms with E-state index in [-0.39, 0.29) is 0 Å². The minimum atomic E-state index is -0.645. The summed E-state index contributed by atoms with van der Waals surface area (Å²) in [6.07, 6.45) is 0.569. The molecule has 0 fully saturated rings. The fourth-order valence-electron chi connectivity index (χ4n) is 2.48. The highest BCUT2D eigenvalue weighted by Crippen LogP contribution is 2.29. The van der Waals surface area contributed by atoms with Gasteiger partial charge in [0, 0.05) is 18.0 Å². The molecule has 21 heavy (non-hydrogen) atoms. The van der Waals surface area contributed by atoms with Crippen LogP contribution in [0.25, 0.3) is 0 Å². The first kappa shape index (κ1) is 16.3. The molecule has 0 aliphatic carbocycles. The topological polar surface area (TPSA) is 38.0 Å². The maximum absolute atomic E-state index is 10.5. The summed E-state index contributed by atoms with van der Waals surface area (Å²) in [5.41, 5.74) is 3.60. The smallest absolute Gasteiger partial charge is 0.0851 e. The molecule has 0 saturated heterocycles. The van der Waals surface area contributed by atoms with Gasteiger partial charge in [0.2, 0.25) is 0 Å². The van der Waals surface area contributed by atoms with Gasteiger partial charge in [-0.15, -0.1) is 0 Å². The number of aryl methyl sites for hydroxylation is 3. The van der Waals surface area contributed by atoms with Crippen molar-refractivity contribution in [1.82, 2.24) is 9.78 Å². The SMILES string of the molecule is CCc1nn(CC)c(CC(O)c2cc(Cl)ccc2C)c1Cl. The number of aliphatic hydroxyl groups is 1. The highest BCUT2D eigenvalue weighted by atomic mass is 35.5. The molecule has 1 unspecified atom stereocenters. The van der Waals surface area contributed by atoms with Crippen molar-refractivity contribution in [2.24, 2.45) is 0 Å². The highest BCUT2D eigenvalue weighted by Gasteiger charge is 2.19. The normalized spacial score (nSPS) is 12.7. The number of aromatic nitrogens is 2. The van der Waals surface area contributed by atoms with E-state index in [2.05, 4.69) is 5.10 Å². The van der Waals surface area contributed by atoms with E-state index in [4.69, 9.17) is 23.2 Å². The number of benzene rings is 1. The second-order valence-electron chi connectivity index (χ2n) is 5.10. The molecule has 0 amide bonds. The Balaban J connectivity index is 2.33. The van der Waals surface area contributed by atoms with E-state index in [1.807, 2.05) is 43.7 Å². The lowest BCUT2D eigenvalue weighted by atomic mass is 10.00. The van der Waals surface area contributed by atoms with Crippen LogP contribution in [0, 0.1) is 6.92 Å². The first-order valence-corrected chi connectivity index (χ1v) is 7.91. The number of rotatable bonds is 5. The molecule has 1 N–H and O–H groups in total. The monoisotopic (exact) mass is 326 g/mol. The van der Waals surface area contributed by atoms with Crippen molar-refractivity contribution >= 4 is 23.2 Å². The minimum absolute atomic E-state index is 0.431. The average Bonchev–Trinajstić information content (AvgIpc) is 2.77. The van der Waals surface area contributed by atoms with E-state index in [0.717, 1.165) is 35.5 Å². The predicted octanol–water partition coefficient (Wildman–Crippen LogP) is 4.36. The molecular formula is C16H20Cl2N2O. The third-order valence-corrected chi connectivity index (χ3v) is 4.35. The van der Waals surface area contributed by atoms with E-state index in [1.165, 1.54) is 0 Å². The van der Waals surface area contributed by atoms with Gasteiger partial charge in [-0.1, -0.05) is 36.2 Å². The van der Waals surface area contributed by atoms with E-state index in [9.17, 15) is 5.11 Å². The summed E-state index contributed by atoms with van der Waals surface area (Å²) < 4.78 is 1.87. The minimum Gasteiger partial charge on any atom is -0.388 e. The molecule has 114 valence electrons. The number of hydrogen-bond donors (Lipinski definition) is 1. The molecule has 1 aromatic heterocycles. The summed E-state index contributed by atoms with van der Waals surface area (Å²) >= 11 is 12.4. The molecule has 0 spiro atoms. The third kappa shape index (κ3) is 3.42. The molecule has 0 aliphatic rings. The fourth-order valence-corrected chi connectivity index (χ4v) is 3.00. The van der Waals surface area contributed by atoms with Gasteiger partial charge in [0.1, 0.15) is 0 Å². The zero-order chi connectivity index (χ0) is 15.6. The van der Waals surface area contributed by atoms with Crippen LogP contribution in [-0.4, -0.2) is 14.9 Å². The molecule has 2 aromatic rings. The molecule has 5 heteroatoms. The zero-order valence-electron chi connectivity index (χ0n) is 12.5. The molecule has 1 aromatic carbocycles. The fraction of sp³-hybridized carbons (Fsp3) is 0.438. The lowest BCUT2D eigenvalue weighted by Gasteiger charge is -2.15. The van der Waals surface area contributed by atoms with Gasteiger partial charge in [-0.25, -0.2) is 0 Å². The van der Waals surface area contributed by atoms with Crippen LogP contribution in [0.2, 0.25) is 10.0 Å². The van der Waals surface area contributed by atoms with Crippen molar-refractivity contribution in [2.45, 2.75) is 46.3 Å². The van der Waals surface area contributed by atoms with Gasteiger partial charge in [0.25, 0.3) is 0 Å². The number of hydrogen-bond acceptors (Lipinski definition) is 2. The Bertz CT molecular complexity index is 637. The predicted molar refractivity (Wildman–Crippen MR) is 87.1 cm³/mol. The van der Waals surface area contributed by atoms with Crippen molar-refractivity contribution in [2.75, 3.05) is 0 Å². The summed E-state index contributed by atoms with van der Waals surface area (Å²) in [5.74, 6) is 0. The second kappa shape index (κ2) is 6.82. The van der Waals surface area contributed by atoms with Gasteiger partial charge in [0.05, 0.1) is 22.5 Å². The van der Waals surface area contributed by atoms with Gasteiger partial charge in [0.15, 0.2) is 0 Å². The van der Waals surface area contributed by atoms with Gasteiger partial charge in [-0.3, -0.25) is 4.68 Å². The van der Waals surface area contributed by atoms with Crippen molar-refractivity contribution in [3.8, 4) is 0 Å². The third-order valence-electron chi connectivity index (χ3n) is 3.68. The van der Waals surface area contributed by atoms with Crippen molar-refractivity contribution in [1.29, 1.82) is 0 Å².